The number of ether oxygens (including phenoxy) is 1. The molecule has 0 aromatic carbocycles. The van der Waals surface area contributed by atoms with E-state index in [9.17, 15) is 4.79 Å². The Labute approximate surface area is 113 Å². The van der Waals surface area contributed by atoms with Crippen molar-refractivity contribution in [3.8, 4) is 0 Å². The number of morpholine rings is 1. The maximum Gasteiger partial charge on any atom is 0.252 e. The molecule has 1 aliphatic rings. The Morgan fingerprint density at radius 3 is 3.00 bits per heavy atom. The van der Waals surface area contributed by atoms with Gasteiger partial charge in [-0.2, -0.15) is 0 Å². The zero-order valence-corrected chi connectivity index (χ0v) is 11.4. The second kappa shape index (κ2) is 7.25. The third-order valence-corrected chi connectivity index (χ3v) is 3.20. The maximum absolute atomic E-state index is 11.4. The molecule has 2 heterocycles. The van der Waals surface area contributed by atoms with Crippen LogP contribution in [0.25, 0.3) is 0 Å². The van der Waals surface area contributed by atoms with Crippen molar-refractivity contribution >= 4 is 5.95 Å². The minimum atomic E-state index is -0.0949. The molecule has 1 saturated heterocycles. The lowest BCUT2D eigenvalue weighted by atomic mass is 10.3. The first-order chi connectivity index (χ1) is 9.28. The molecule has 0 atom stereocenters. The summed E-state index contributed by atoms with van der Waals surface area (Å²) in [5, 5.41) is 3.18. The van der Waals surface area contributed by atoms with Crippen LogP contribution in [0, 0.1) is 0 Å². The zero-order chi connectivity index (χ0) is 13.5. The number of nitrogens with one attached hydrogen (secondary N) is 2. The highest BCUT2D eigenvalue weighted by Gasteiger charge is 2.09. The van der Waals surface area contributed by atoms with E-state index in [2.05, 4.69) is 20.2 Å². The van der Waals surface area contributed by atoms with Gasteiger partial charge in [0.15, 0.2) is 0 Å². The van der Waals surface area contributed by atoms with Gasteiger partial charge in [-0.25, -0.2) is 4.98 Å². The number of nitrogens with zero attached hydrogens (tertiary/aromatic N) is 2. The van der Waals surface area contributed by atoms with E-state index >= 15 is 0 Å². The van der Waals surface area contributed by atoms with Crippen LogP contribution in [0.3, 0.4) is 0 Å². The molecule has 0 unspecified atom stereocenters. The van der Waals surface area contributed by atoms with Crippen molar-refractivity contribution < 1.29 is 4.74 Å². The molecule has 106 valence electrons. The van der Waals surface area contributed by atoms with Crippen LogP contribution in [-0.2, 0) is 11.2 Å². The van der Waals surface area contributed by atoms with E-state index < -0.39 is 0 Å². The van der Waals surface area contributed by atoms with Crippen LogP contribution in [-0.4, -0.2) is 54.3 Å². The summed E-state index contributed by atoms with van der Waals surface area (Å²) in [5.74, 6) is 0.575. The number of hydrogen-bond acceptors (Lipinski definition) is 5. The lowest BCUT2D eigenvalue weighted by Crippen LogP contribution is -2.37. The maximum atomic E-state index is 11.4. The zero-order valence-electron chi connectivity index (χ0n) is 11.4. The van der Waals surface area contributed by atoms with Gasteiger partial charge in [-0.1, -0.05) is 6.92 Å². The van der Waals surface area contributed by atoms with Crippen LogP contribution in [0.2, 0.25) is 0 Å². The number of aryl methyl sites for hydroxylation is 1. The second-order valence-corrected chi connectivity index (χ2v) is 4.67. The minimum absolute atomic E-state index is 0.0949. The molecule has 6 heteroatoms. The average molecular weight is 266 g/mol. The van der Waals surface area contributed by atoms with Crippen molar-refractivity contribution in [3.63, 3.8) is 0 Å². The fraction of sp³-hybridized carbons (Fsp3) is 0.692. The lowest BCUT2D eigenvalue weighted by Gasteiger charge is -2.26. The number of H-pyrrole nitrogens is 1. The lowest BCUT2D eigenvalue weighted by molar-refractivity contribution is 0.0378. The van der Waals surface area contributed by atoms with Crippen LogP contribution < -0.4 is 10.9 Å². The van der Waals surface area contributed by atoms with Gasteiger partial charge >= 0.3 is 0 Å². The van der Waals surface area contributed by atoms with E-state index in [1.54, 1.807) is 6.07 Å². The quantitative estimate of drug-likeness (QED) is 0.732. The smallest absolute Gasteiger partial charge is 0.252 e. The van der Waals surface area contributed by atoms with Crippen molar-refractivity contribution in [3.05, 3.63) is 22.1 Å². The topological polar surface area (TPSA) is 70.2 Å². The molecular weight excluding hydrogens is 244 g/mol. The Bertz CT molecular complexity index is 441. The second-order valence-electron chi connectivity index (χ2n) is 4.67. The van der Waals surface area contributed by atoms with E-state index in [-0.39, 0.29) is 5.56 Å². The standard InChI is InChI=1S/C13H22N4O2/c1-2-11-10-12(18)16-13(15-11)14-4-3-5-17-6-8-19-9-7-17/h10H,2-9H2,1H3,(H2,14,15,16,18). The molecule has 6 nitrogen and oxygen atoms in total. The summed E-state index contributed by atoms with van der Waals surface area (Å²) < 4.78 is 5.31. The molecule has 19 heavy (non-hydrogen) atoms. The van der Waals surface area contributed by atoms with Gasteiger partial charge in [0, 0.05) is 31.4 Å². The number of aromatic nitrogens is 2. The number of rotatable bonds is 6. The van der Waals surface area contributed by atoms with Gasteiger partial charge in [0.25, 0.3) is 5.56 Å². The molecule has 0 spiro atoms. The Kier molecular flexibility index (Phi) is 5.35. The van der Waals surface area contributed by atoms with Crippen LogP contribution in [0.5, 0.6) is 0 Å². The summed E-state index contributed by atoms with van der Waals surface area (Å²) >= 11 is 0. The summed E-state index contributed by atoms with van der Waals surface area (Å²) in [7, 11) is 0. The molecule has 0 amide bonds. The van der Waals surface area contributed by atoms with Crippen LogP contribution >= 0.6 is 0 Å². The van der Waals surface area contributed by atoms with Crippen molar-refractivity contribution in [2.45, 2.75) is 19.8 Å². The highest BCUT2D eigenvalue weighted by molar-refractivity contribution is 5.24. The Balaban J connectivity index is 1.73. The first-order valence-corrected chi connectivity index (χ1v) is 6.92. The van der Waals surface area contributed by atoms with Crippen LogP contribution in [0.1, 0.15) is 19.0 Å². The van der Waals surface area contributed by atoms with Gasteiger partial charge in [0.1, 0.15) is 0 Å². The summed E-state index contributed by atoms with van der Waals surface area (Å²) in [6.45, 7) is 7.55. The Hall–Kier alpha value is -1.40. The molecule has 0 bridgehead atoms. The average Bonchev–Trinajstić information content (AvgIpc) is 2.44. The fourth-order valence-corrected chi connectivity index (χ4v) is 2.11. The molecule has 2 N–H and O–H groups in total. The predicted molar refractivity (Wildman–Crippen MR) is 74.6 cm³/mol. The largest absolute Gasteiger partial charge is 0.379 e. The summed E-state index contributed by atoms with van der Waals surface area (Å²) in [4.78, 5) is 20.8. The molecule has 0 aliphatic carbocycles. The highest BCUT2D eigenvalue weighted by atomic mass is 16.5. The summed E-state index contributed by atoms with van der Waals surface area (Å²) in [6.07, 6.45) is 1.80. The molecule has 1 fully saturated rings. The van der Waals surface area contributed by atoms with Gasteiger partial charge in [-0.05, 0) is 19.4 Å². The predicted octanol–water partition coefficient (Wildman–Crippen LogP) is 0.467. The molecule has 2 rings (SSSR count). The normalized spacial score (nSPS) is 16.5. The van der Waals surface area contributed by atoms with Gasteiger partial charge in [-0.3, -0.25) is 14.7 Å². The van der Waals surface area contributed by atoms with Crippen LogP contribution in [0.4, 0.5) is 5.95 Å². The Morgan fingerprint density at radius 2 is 2.26 bits per heavy atom. The van der Waals surface area contributed by atoms with Crippen molar-refractivity contribution in [2.24, 2.45) is 0 Å². The minimum Gasteiger partial charge on any atom is -0.379 e. The summed E-state index contributed by atoms with van der Waals surface area (Å²) in [5.41, 5.74) is 0.724. The van der Waals surface area contributed by atoms with Crippen LogP contribution in [0.15, 0.2) is 10.9 Å². The summed E-state index contributed by atoms with van der Waals surface area (Å²) in [6, 6.07) is 1.54. The molecule has 1 aromatic rings. The van der Waals surface area contributed by atoms with E-state index in [0.29, 0.717) is 5.95 Å². The SMILES string of the molecule is CCc1cc(=O)[nH]c(NCCCN2CCOCC2)n1. The van der Waals surface area contributed by atoms with Gasteiger partial charge in [-0.15, -0.1) is 0 Å². The fourth-order valence-electron chi connectivity index (χ4n) is 2.11. The third-order valence-electron chi connectivity index (χ3n) is 3.20. The third kappa shape index (κ3) is 4.65. The molecule has 1 aliphatic heterocycles. The van der Waals surface area contributed by atoms with Gasteiger partial charge in [0.2, 0.25) is 5.95 Å². The Morgan fingerprint density at radius 1 is 1.47 bits per heavy atom. The van der Waals surface area contributed by atoms with E-state index in [1.807, 2.05) is 6.92 Å². The van der Waals surface area contributed by atoms with Crippen molar-refractivity contribution in [1.29, 1.82) is 0 Å². The molecule has 0 radical (unpaired) electrons. The van der Waals surface area contributed by atoms with Gasteiger partial charge in [0.05, 0.1) is 13.2 Å². The number of hydrogen-bond donors (Lipinski definition) is 2. The molecular formula is C13H22N4O2. The monoisotopic (exact) mass is 266 g/mol. The van der Waals surface area contributed by atoms with Crippen molar-refractivity contribution in [1.82, 2.24) is 14.9 Å². The molecule has 0 saturated carbocycles. The van der Waals surface area contributed by atoms with Crippen molar-refractivity contribution in [2.75, 3.05) is 44.7 Å². The molecule has 1 aromatic heterocycles. The number of aromatic amines is 1. The first kappa shape index (κ1) is 14.0. The first-order valence-electron chi connectivity index (χ1n) is 6.92. The van der Waals surface area contributed by atoms with E-state index in [0.717, 1.165) is 57.9 Å². The van der Waals surface area contributed by atoms with E-state index in [4.69, 9.17) is 4.74 Å². The number of anilines is 1. The highest BCUT2D eigenvalue weighted by Crippen LogP contribution is 2.00. The van der Waals surface area contributed by atoms with Gasteiger partial charge < -0.3 is 10.1 Å². The van der Waals surface area contributed by atoms with E-state index in [1.165, 1.54) is 0 Å².